The Labute approximate surface area is 147 Å². The van der Waals surface area contributed by atoms with Gasteiger partial charge in [-0.2, -0.15) is 13.2 Å². The number of halogens is 3. The molecular weight excluding hydrogens is 345 g/mol. The fourth-order valence-electron chi connectivity index (χ4n) is 2.58. The van der Waals surface area contributed by atoms with Gasteiger partial charge in [0.1, 0.15) is 6.10 Å². The SMILES string of the molecule is Cc1cn(-c2cc(C(O)C(=O)c3ccccc3)cc(C(F)(F)F)c2)cn1. The summed E-state index contributed by atoms with van der Waals surface area (Å²) in [6.07, 6.45) is -3.39. The third-order valence-corrected chi connectivity index (χ3v) is 3.90. The summed E-state index contributed by atoms with van der Waals surface area (Å²) >= 11 is 0. The monoisotopic (exact) mass is 360 g/mol. The standard InChI is InChI=1S/C19H15F3N2O2/c1-12-10-24(11-23-12)16-8-14(7-15(9-16)19(20,21)22)18(26)17(25)13-5-3-2-4-6-13/h2-11,18,26H,1H3. The third kappa shape index (κ3) is 3.67. The molecule has 1 unspecified atom stereocenters. The van der Waals surface area contributed by atoms with Crippen LogP contribution < -0.4 is 0 Å². The Morgan fingerprint density at radius 1 is 1.15 bits per heavy atom. The van der Waals surface area contributed by atoms with E-state index in [1.165, 1.54) is 29.1 Å². The molecule has 0 saturated carbocycles. The molecule has 3 rings (SSSR count). The van der Waals surface area contributed by atoms with Gasteiger partial charge in [-0.3, -0.25) is 4.79 Å². The van der Waals surface area contributed by atoms with E-state index >= 15 is 0 Å². The third-order valence-electron chi connectivity index (χ3n) is 3.90. The van der Waals surface area contributed by atoms with E-state index in [1.807, 2.05) is 0 Å². The fourth-order valence-corrected chi connectivity index (χ4v) is 2.58. The summed E-state index contributed by atoms with van der Waals surface area (Å²) in [4.78, 5) is 16.4. The molecule has 1 N–H and O–H groups in total. The molecule has 0 spiro atoms. The van der Waals surface area contributed by atoms with Gasteiger partial charge in [-0.05, 0) is 30.7 Å². The largest absolute Gasteiger partial charge is 0.416 e. The van der Waals surface area contributed by atoms with Crippen molar-refractivity contribution in [1.82, 2.24) is 9.55 Å². The minimum atomic E-state index is -4.62. The van der Waals surface area contributed by atoms with Gasteiger partial charge >= 0.3 is 6.18 Å². The Morgan fingerprint density at radius 2 is 1.85 bits per heavy atom. The molecule has 4 nitrogen and oxygen atoms in total. The molecule has 0 aliphatic carbocycles. The van der Waals surface area contributed by atoms with Gasteiger partial charge in [-0.25, -0.2) is 4.98 Å². The number of benzene rings is 2. The molecule has 0 aliphatic heterocycles. The van der Waals surface area contributed by atoms with Crippen LogP contribution in [0.25, 0.3) is 5.69 Å². The van der Waals surface area contributed by atoms with E-state index in [-0.39, 0.29) is 16.8 Å². The first-order valence-corrected chi connectivity index (χ1v) is 7.76. The molecule has 7 heteroatoms. The first kappa shape index (κ1) is 17.9. The number of hydrogen-bond acceptors (Lipinski definition) is 3. The predicted molar refractivity (Wildman–Crippen MR) is 89.0 cm³/mol. The Morgan fingerprint density at radius 3 is 2.42 bits per heavy atom. The Hall–Kier alpha value is -2.93. The number of Topliss-reactive ketones (excluding diaryl/α,β-unsaturated/α-hetero) is 1. The summed E-state index contributed by atoms with van der Waals surface area (Å²) in [5.74, 6) is -0.669. The lowest BCUT2D eigenvalue weighted by atomic mass is 9.97. The van der Waals surface area contributed by atoms with Crippen molar-refractivity contribution < 1.29 is 23.1 Å². The van der Waals surface area contributed by atoms with Crippen LogP contribution >= 0.6 is 0 Å². The highest BCUT2D eigenvalue weighted by Gasteiger charge is 2.33. The minimum absolute atomic E-state index is 0.130. The second-order valence-electron chi connectivity index (χ2n) is 5.87. The van der Waals surface area contributed by atoms with Crippen LogP contribution in [0.2, 0.25) is 0 Å². The van der Waals surface area contributed by atoms with E-state index in [4.69, 9.17) is 0 Å². The van der Waals surface area contributed by atoms with Crippen molar-refractivity contribution in [2.45, 2.75) is 19.2 Å². The maximum atomic E-state index is 13.3. The lowest BCUT2D eigenvalue weighted by Crippen LogP contribution is -2.15. The number of aryl methyl sites for hydroxylation is 1. The number of aliphatic hydroxyl groups excluding tert-OH is 1. The molecule has 0 amide bonds. The van der Waals surface area contributed by atoms with Crippen molar-refractivity contribution in [3.63, 3.8) is 0 Å². The lowest BCUT2D eigenvalue weighted by molar-refractivity contribution is -0.137. The number of aromatic nitrogens is 2. The molecule has 26 heavy (non-hydrogen) atoms. The number of carbonyl (C=O) groups is 1. The van der Waals surface area contributed by atoms with Gasteiger partial charge in [-0.15, -0.1) is 0 Å². The van der Waals surface area contributed by atoms with Crippen LogP contribution in [0.4, 0.5) is 13.2 Å². The first-order valence-electron chi connectivity index (χ1n) is 7.76. The van der Waals surface area contributed by atoms with E-state index in [0.29, 0.717) is 5.69 Å². The zero-order valence-electron chi connectivity index (χ0n) is 13.7. The van der Waals surface area contributed by atoms with Crippen LogP contribution in [0, 0.1) is 6.92 Å². The number of nitrogens with zero attached hydrogens (tertiary/aromatic N) is 2. The lowest BCUT2D eigenvalue weighted by Gasteiger charge is -2.16. The quantitative estimate of drug-likeness (QED) is 0.712. The zero-order chi connectivity index (χ0) is 18.9. The number of hydrogen-bond donors (Lipinski definition) is 1. The topological polar surface area (TPSA) is 55.1 Å². The molecule has 1 heterocycles. The van der Waals surface area contributed by atoms with Crippen LogP contribution in [0.3, 0.4) is 0 Å². The molecule has 134 valence electrons. The Balaban J connectivity index is 2.07. The van der Waals surface area contributed by atoms with Gasteiger partial charge in [0.2, 0.25) is 0 Å². The number of rotatable bonds is 4. The van der Waals surface area contributed by atoms with E-state index in [9.17, 15) is 23.1 Å². The summed E-state index contributed by atoms with van der Waals surface area (Å²) < 4.78 is 41.2. The molecule has 0 saturated heterocycles. The molecule has 3 aromatic rings. The van der Waals surface area contributed by atoms with E-state index in [2.05, 4.69) is 4.98 Å². The van der Waals surface area contributed by atoms with Crippen LogP contribution in [-0.2, 0) is 6.18 Å². The highest BCUT2D eigenvalue weighted by atomic mass is 19.4. The normalized spacial score (nSPS) is 12.8. The molecule has 0 aliphatic rings. The van der Waals surface area contributed by atoms with Crippen molar-refractivity contribution in [3.05, 3.63) is 83.4 Å². The second kappa shape index (κ2) is 6.76. The van der Waals surface area contributed by atoms with Gasteiger partial charge in [-0.1, -0.05) is 30.3 Å². The number of carbonyl (C=O) groups excluding carboxylic acids is 1. The molecule has 2 aromatic carbocycles. The van der Waals surface area contributed by atoms with E-state index < -0.39 is 23.6 Å². The summed E-state index contributed by atoms with van der Waals surface area (Å²) in [6, 6.07) is 11.0. The second-order valence-corrected chi connectivity index (χ2v) is 5.87. The van der Waals surface area contributed by atoms with Gasteiger partial charge in [0.25, 0.3) is 0 Å². The first-order chi connectivity index (χ1) is 12.3. The highest BCUT2D eigenvalue weighted by Crippen LogP contribution is 2.33. The molecule has 1 atom stereocenters. The van der Waals surface area contributed by atoms with Crippen LogP contribution in [0.5, 0.6) is 0 Å². The van der Waals surface area contributed by atoms with Crippen molar-refractivity contribution in [2.75, 3.05) is 0 Å². The van der Waals surface area contributed by atoms with Gasteiger partial charge < -0.3 is 9.67 Å². The summed E-state index contributed by atoms with van der Waals surface area (Å²) in [6.45, 7) is 1.71. The average molecular weight is 360 g/mol. The number of alkyl halides is 3. The zero-order valence-corrected chi connectivity index (χ0v) is 13.7. The van der Waals surface area contributed by atoms with Crippen LogP contribution in [0.15, 0.2) is 61.1 Å². The molecule has 0 bridgehead atoms. The van der Waals surface area contributed by atoms with Gasteiger partial charge in [0, 0.05) is 17.4 Å². The average Bonchev–Trinajstić information content (AvgIpc) is 3.06. The highest BCUT2D eigenvalue weighted by molar-refractivity contribution is 5.99. The minimum Gasteiger partial charge on any atom is -0.380 e. The molecule has 0 radical (unpaired) electrons. The van der Waals surface area contributed by atoms with Gasteiger partial charge in [0.15, 0.2) is 5.78 Å². The van der Waals surface area contributed by atoms with Crippen molar-refractivity contribution in [3.8, 4) is 5.69 Å². The number of ketones is 1. The van der Waals surface area contributed by atoms with Crippen molar-refractivity contribution >= 4 is 5.78 Å². The summed E-state index contributed by atoms with van der Waals surface area (Å²) in [5.41, 5.74) is -0.0658. The smallest absolute Gasteiger partial charge is 0.380 e. The van der Waals surface area contributed by atoms with Crippen LogP contribution in [-0.4, -0.2) is 20.4 Å². The fraction of sp³-hybridized carbons (Fsp3) is 0.158. The number of imidazole rings is 1. The van der Waals surface area contributed by atoms with E-state index in [1.54, 1.807) is 31.3 Å². The van der Waals surface area contributed by atoms with Crippen molar-refractivity contribution in [1.29, 1.82) is 0 Å². The van der Waals surface area contributed by atoms with Gasteiger partial charge in [0.05, 0.1) is 17.6 Å². The molecular formula is C19H15F3N2O2. The predicted octanol–water partition coefficient (Wildman–Crippen LogP) is 4.12. The Kier molecular flexibility index (Phi) is 4.65. The maximum Gasteiger partial charge on any atom is 0.416 e. The molecule has 0 fully saturated rings. The van der Waals surface area contributed by atoms with Crippen LogP contribution in [0.1, 0.15) is 33.3 Å². The maximum absolute atomic E-state index is 13.3. The van der Waals surface area contributed by atoms with Crippen molar-refractivity contribution in [2.24, 2.45) is 0 Å². The number of aliphatic hydroxyl groups is 1. The van der Waals surface area contributed by atoms with E-state index in [0.717, 1.165) is 12.1 Å². The summed E-state index contributed by atoms with van der Waals surface area (Å²) in [5, 5.41) is 10.4. The molecule has 1 aromatic heterocycles. The Bertz CT molecular complexity index is 933. The summed E-state index contributed by atoms with van der Waals surface area (Å²) in [7, 11) is 0.